The molecule has 3 nitrogen and oxygen atoms in total. The highest BCUT2D eigenvalue weighted by Crippen LogP contribution is 2.24. The molecule has 1 aromatic carbocycles. The summed E-state index contributed by atoms with van der Waals surface area (Å²) in [5, 5.41) is 0.491. The van der Waals surface area contributed by atoms with Gasteiger partial charge in [-0.05, 0) is 24.6 Å². The van der Waals surface area contributed by atoms with Gasteiger partial charge in [-0.15, -0.1) is 0 Å². The zero-order valence-corrected chi connectivity index (χ0v) is 8.84. The van der Waals surface area contributed by atoms with Crippen LogP contribution in [0.2, 0.25) is 5.02 Å². The van der Waals surface area contributed by atoms with Crippen molar-refractivity contribution in [3.63, 3.8) is 0 Å². The number of methoxy groups -OCH3 is 1. The van der Waals surface area contributed by atoms with Crippen LogP contribution >= 0.6 is 11.6 Å². The predicted octanol–water partition coefficient (Wildman–Crippen LogP) is 2.20. The van der Waals surface area contributed by atoms with Crippen LogP contribution in [0.5, 0.6) is 0 Å². The number of ether oxygens (including phenoxy) is 1. The predicted molar refractivity (Wildman–Crippen MR) is 56.3 cm³/mol. The van der Waals surface area contributed by atoms with E-state index in [2.05, 4.69) is 4.74 Å². The number of hydrogen-bond donors (Lipinski definition) is 1. The molecule has 0 spiro atoms. The molecule has 76 valence electrons. The molecule has 0 aliphatic heterocycles. The van der Waals surface area contributed by atoms with Gasteiger partial charge >= 0.3 is 5.97 Å². The van der Waals surface area contributed by atoms with E-state index in [0.29, 0.717) is 10.7 Å². The number of benzene rings is 1. The normalized spacial score (nSPS) is 12.2. The van der Waals surface area contributed by atoms with Gasteiger partial charge in [0.05, 0.1) is 23.7 Å². The summed E-state index contributed by atoms with van der Waals surface area (Å²) in [6.07, 6.45) is 0. The summed E-state index contributed by atoms with van der Waals surface area (Å²) < 4.78 is 4.62. The molecule has 2 N–H and O–H groups in total. The number of nitrogen functional groups attached to an aromatic ring is 1. The first kappa shape index (κ1) is 10.9. The number of esters is 1. The van der Waals surface area contributed by atoms with Gasteiger partial charge in [-0.2, -0.15) is 0 Å². The molecule has 0 fully saturated rings. The van der Waals surface area contributed by atoms with E-state index < -0.39 is 0 Å². The van der Waals surface area contributed by atoms with Crippen LogP contribution in [-0.2, 0) is 9.53 Å². The number of nitrogens with two attached hydrogens (primary N) is 1. The van der Waals surface area contributed by atoms with Crippen molar-refractivity contribution in [2.75, 3.05) is 12.8 Å². The quantitative estimate of drug-likeness (QED) is 0.605. The van der Waals surface area contributed by atoms with E-state index in [4.69, 9.17) is 17.3 Å². The zero-order chi connectivity index (χ0) is 10.7. The first-order chi connectivity index (χ1) is 6.56. The fraction of sp³-hybridized carbons (Fsp3) is 0.300. The molecule has 0 aromatic heterocycles. The number of rotatable bonds is 2. The van der Waals surface area contributed by atoms with Crippen LogP contribution in [0.1, 0.15) is 18.4 Å². The van der Waals surface area contributed by atoms with Gasteiger partial charge in [-0.1, -0.05) is 17.7 Å². The molecule has 1 atom stereocenters. The van der Waals surface area contributed by atoms with Crippen LogP contribution in [0.25, 0.3) is 0 Å². The largest absolute Gasteiger partial charge is 0.469 e. The van der Waals surface area contributed by atoms with Crippen molar-refractivity contribution in [1.82, 2.24) is 0 Å². The Labute approximate surface area is 87.8 Å². The first-order valence-electron chi connectivity index (χ1n) is 4.19. The standard InChI is InChI=1S/C10H12ClNO2/c1-6(10(13)14-2)7-3-4-8(11)9(12)5-7/h3-6H,12H2,1-2H3. The topological polar surface area (TPSA) is 52.3 Å². The molecule has 0 saturated heterocycles. The molecule has 14 heavy (non-hydrogen) atoms. The van der Waals surface area contributed by atoms with Crippen molar-refractivity contribution in [2.45, 2.75) is 12.8 Å². The van der Waals surface area contributed by atoms with E-state index >= 15 is 0 Å². The second-order valence-corrected chi connectivity index (χ2v) is 3.43. The average Bonchev–Trinajstić information content (AvgIpc) is 2.20. The summed E-state index contributed by atoms with van der Waals surface area (Å²) in [5.74, 6) is -0.605. The third kappa shape index (κ3) is 2.17. The van der Waals surface area contributed by atoms with Gasteiger partial charge < -0.3 is 10.5 Å². The van der Waals surface area contributed by atoms with Crippen molar-refractivity contribution in [2.24, 2.45) is 0 Å². The van der Waals surface area contributed by atoms with Crippen LogP contribution in [0.4, 0.5) is 5.69 Å². The number of halogens is 1. The monoisotopic (exact) mass is 213 g/mol. The molecular weight excluding hydrogens is 202 g/mol. The molecule has 0 aliphatic rings. The van der Waals surface area contributed by atoms with Gasteiger partial charge in [-0.3, -0.25) is 4.79 Å². The van der Waals surface area contributed by atoms with Crippen LogP contribution in [0.15, 0.2) is 18.2 Å². The van der Waals surface area contributed by atoms with Gasteiger partial charge in [0.15, 0.2) is 0 Å². The van der Waals surface area contributed by atoms with E-state index in [-0.39, 0.29) is 11.9 Å². The van der Waals surface area contributed by atoms with E-state index in [1.807, 2.05) is 0 Å². The minimum absolute atomic E-state index is 0.285. The summed E-state index contributed by atoms with van der Waals surface area (Å²) in [4.78, 5) is 11.2. The Hall–Kier alpha value is -1.22. The molecule has 0 aliphatic carbocycles. The Kier molecular flexibility index (Phi) is 3.36. The van der Waals surface area contributed by atoms with Crippen molar-refractivity contribution >= 4 is 23.3 Å². The summed E-state index contributed by atoms with van der Waals surface area (Å²) in [7, 11) is 1.36. The lowest BCUT2D eigenvalue weighted by Gasteiger charge is -2.10. The number of carbonyl (C=O) groups excluding carboxylic acids is 1. The summed E-state index contributed by atoms with van der Waals surface area (Å²) in [6.45, 7) is 1.76. The second kappa shape index (κ2) is 4.33. The van der Waals surface area contributed by atoms with E-state index in [9.17, 15) is 4.79 Å². The Bertz CT molecular complexity index is 352. The third-order valence-corrected chi connectivity index (χ3v) is 2.42. The maximum Gasteiger partial charge on any atom is 0.312 e. The highest BCUT2D eigenvalue weighted by atomic mass is 35.5. The van der Waals surface area contributed by atoms with Crippen molar-refractivity contribution < 1.29 is 9.53 Å². The highest BCUT2D eigenvalue weighted by Gasteiger charge is 2.15. The maximum atomic E-state index is 11.2. The van der Waals surface area contributed by atoms with Crippen LogP contribution in [-0.4, -0.2) is 13.1 Å². The minimum Gasteiger partial charge on any atom is -0.469 e. The summed E-state index contributed by atoms with van der Waals surface area (Å²) in [5.41, 5.74) is 6.89. The molecule has 1 rings (SSSR count). The maximum absolute atomic E-state index is 11.2. The lowest BCUT2D eigenvalue weighted by molar-refractivity contribution is -0.141. The van der Waals surface area contributed by atoms with Crippen molar-refractivity contribution in [1.29, 1.82) is 0 Å². The summed E-state index contributed by atoms with van der Waals surface area (Å²) >= 11 is 5.76. The zero-order valence-electron chi connectivity index (χ0n) is 8.08. The molecule has 1 unspecified atom stereocenters. The average molecular weight is 214 g/mol. The molecular formula is C10H12ClNO2. The third-order valence-electron chi connectivity index (χ3n) is 2.07. The number of anilines is 1. The summed E-state index contributed by atoms with van der Waals surface area (Å²) in [6, 6.07) is 5.12. The second-order valence-electron chi connectivity index (χ2n) is 3.03. The molecule has 0 heterocycles. The molecule has 0 amide bonds. The molecule has 0 radical (unpaired) electrons. The minimum atomic E-state index is -0.320. The Morgan fingerprint density at radius 1 is 1.57 bits per heavy atom. The molecule has 4 heteroatoms. The van der Waals surface area contributed by atoms with Gasteiger partial charge in [0.2, 0.25) is 0 Å². The van der Waals surface area contributed by atoms with Gasteiger partial charge in [-0.25, -0.2) is 0 Å². The number of carbonyl (C=O) groups is 1. The molecule has 0 bridgehead atoms. The smallest absolute Gasteiger partial charge is 0.312 e. The van der Waals surface area contributed by atoms with Crippen molar-refractivity contribution in [3.05, 3.63) is 28.8 Å². The highest BCUT2D eigenvalue weighted by molar-refractivity contribution is 6.33. The van der Waals surface area contributed by atoms with Crippen molar-refractivity contribution in [3.8, 4) is 0 Å². The van der Waals surface area contributed by atoms with Gasteiger partial charge in [0.1, 0.15) is 0 Å². The van der Waals surface area contributed by atoms with Crippen LogP contribution in [0, 0.1) is 0 Å². The van der Waals surface area contributed by atoms with Gasteiger partial charge in [0.25, 0.3) is 0 Å². The van der Waals surface area contributed by atoms with Crippen LogP contribution in [0.3, 0.4) is 0 Å². The van der Waals surface area contributed by atoms with Gasteiger partial charge in [0, 0.05) is 0 Å². The Morgan fingerprint density at radius 3 is 2.71 bits per heavy atom. The number of hydrogen-bond acceptors (Lipinski definition) is 3. The molecule has 0 saturated carbocycles. The van der Waals surface area contributed by atoms with E-state index in [1.54, 1.807) is 25.1 Å². The van der Waals surface area contributed by atoms with E-state index in [0.717, 1.165) is 5.56 Å². The van der Waals surface area contributed by atoms with E-state index in [1.165, 1.54) is 7.11 Å². The van der Waals surface area contributed by atoms with Crippen LogP contribution < -0.4 is 5.73 Å². The molecule has 1 aromatic rings. The Balaban J connectivity index is 2.96. The SMILES string of the molecule is COC(=O)C(C)c1ccc(Cl)c(N)c1. The fourth-order valence-corrected chi connectivity index (χ4v) is 1.26. The lowest BCUT2D eigenvalue weighted by atomic mass is 10.0. The fourth-order valence-electron chi connectivity index (χ4n) is 1.14. The lowest BCUT2D eigenvalue weighted by Crippen LogP contribution is -2.10. The Morgan fingerprint density at radius 2 is 2.21 bits per heavy atom. The first-order valence-corrected chi connectivity index (χ1v) is 4.56.